The minimum Gasteiger partial charge on any atom is -0.396 e. The SMILES string of the molecule is C=Cc1ccc(COCC(CO)CSF)nc1/C=C\C.CNc1ccc(C)cc1. The van der Waals surface area contributed by atoms with Gasteiger partial charge in [0.1, 0.15) is 0 Å². The van der Waals surface area contributed by atoms with Gasteiger partial charge in [0.15, 0.2) is 0 Å². The van der Waals surface area contributed by atoms with Gasteiger partial charge in [0.25, 0.3) is 0 Å². The van der Waals surface area contributed by atoms with Crippen molar-refractivity contribution in [3.05, 3.63) is 71.6 Å². The van der Waals surface area contributed by atoms with E-state index in [0.29, 0.717) is 13.2 Å². The van der Waals surface area contributed by atoms with Crippen LogP contribution in [0.4, 0.5) is 9.57 Å². The average Bonchev–Trinajstić information content (AvgIpc) is 2.74. The first-order valence-corrected chi connectivity index (χ1v) is 10.4. The summed E-state index contributed by atoms with van der Waals surface area (Å²) in [5.41, 5.74) is 5.08. The number of aliphatic hydroxyl groups excluding tert-OH is 1. The Morgan fingerprint density at radius 1 is 1.28 bits per heavy atom. The van der Waals surface area contributed by atoms with Crippen LogP contribution >= 0.6 is 12.1 Å². The number of anilines is 1. The maximum Gasteiger partial charge on any atom is 0.0888 e. The molecule has 158 valence electrons. The first-order valence-electron chi connectivity index (χ1n) is 9.49. The van der Waals surface area contributed by atoms with Crippen molar-refractivity contribution in [1.82, 2.24) is 4.98 Å². The molecule has 0 aliphatic heterocycles. The van der Waals surface area contributed by atoms with Gasteiger partial charge in [-0.3, -0.25) is 4.98 Å². The number of nitrogens with one attached hydrogen (secondary N) is 1. The summed E-state index contributed by atoms with van der Waals surface area (Å²) in [5, 5.41) is 12.1. The maximum absolute atomic E-state index is 12.1. The molecule has 0 bridgehead atoms. The van der Waals surface area contributed by atoms with Crippen molar-refractivity contribution in [3.63, 3.8) is 0 Å². The average molecular weight is 419 g/mol. The fourth-order valence-corrected chi connectivity index (χ4v) is 2.75. The molecule has 29 heavy (non-hydrogen) atoms. The first kappa shape index (κ1) is 24.9. The number of nitrogens with zero attached hydrogens (tertiary/aromatic N) is 1. The summed E-state index contributed by atoms with van der Waals surface area (Å²) in [6, 6.07) is 12.1. The molecule has 2 rings (SSSR count). The highest BCUT2D eigenvalue weighted by molar-refractivity contribution is 7.94. The largest absolute Gasteiger partial charge is 0.396 e. The summed E-state index contributed by atoms with van der Waals surface area (Å²) in [5.74, 6) is 0.0517. The van der Waals surface area contributed by atoms with Gasteiger partial charge in [0.05, 0.1) is 24.6 Å². The number of benzene rings is 1. The Bertz CT molecular complexity index is 751. The normalized spacial score (nSPS) is 11.6. The van der Waals surface area contributed by atoms with Crippen molar-refractivity contribution in [3.8, 4) is 0 Å². The molecule has 0 radical (unpaired) electrons. The number of aliphatic hydroxyl groups is 1. The van der Waals surface area contributed by atoms with Crippen LogP contribution in [0, 0.1) is 12.8 Å². The van der Waals surface area contributed by atoms with Gasteiger partial charge >= 0.3 is 0 Å². The van der Waals surface area contributed by atoms with Crippen molar-refractivity contribution in [2.75, 3.05) is 31.3 Å². The molecule has 0 saturated carbocycles. The van der Waals surface area contributed by atoms with Crippen LogP contribution in [0.15, 0.2) is 49.1 Å². The lowest BCUT2D eigenvalue weighted by Crippen LogP contribution is -2.16. The molecule has 0 spiro atoms. The van der Waals surface area contributed by atoms with Crippen molar-refractivity contribution < 1.29 is 13.7 Å². The summed E-state index contributed by atoms with van der Waals surface area (Å²) in [7, 11) is 1.92. The highest BCUT2D eigenvalue weighted by atomic mass is 32.2. The number of ether oxygens (including phenoxy) is 1. The van der Waals surface area contributed by atoms with E-state index in [0.717, 1.165) is 17.0 Å². The zero-order valence-corrected chi connectivity index (χ0v) is 18.2. The van der Waals surface area contributed by atoms with E-state index in [2.05, 4.69) is 48.1 Å². The number of rotatable bonds is 10. The van der Waals surface area contributed by atoms with Gasteiger partial charge in [0, 0.05) is 43.2 Å². The molecule has 1 heterocycles. The lowest BCUT2D eigenvalue weighted by molar-refractivity contribution is 0.0693. The van der Waals surface area contributed by atoms with Crippen LogP contribution in [-0.2, 0) is 11.3 Å². The number of halogens is 1. The number of aryl methyl sites for hydroxylation is 1. The van der Waals surface area contributed by atoms with E-state index in [1.54, 1.807) is 6.08 Å². The summed E-state index contributed by atoms with van der Waals surface area (Å²) < 4.78 is 17.6. The van der Waals surface area contributed by atoms with Crippen LogP contribution in [0.1, 0.15) is 29.4 Å². The molecular formula is C23H31FN2O2S. The minimum absolute atomic E-state index is 0.0798. The second-order valence-electron chi connectivity index (χ2n) is 6.44. The van der Waals surface area contributed by atoms with Crippen molar-refractivity contribution >= 4 is 30.0 Å². The zero-order valence-electron chi connectivity index (χ0n) is 17.4. The summed E-state index contributed by atoms with van der Waals surface area (Å²) in [4.78, 5) is 4.48. The molecule has 2 aromatic rings. The van der Waals surface area contributed by atoms with Crippen LogP contribution in [0.5, 0.6) is 0 Å². The van der Waals surface area contributed by atoms with Crippen molar-refractivity contribution in [2.24, 2.45) is 5.92 Å². The predicted molar refractivity (Wildman–Crippen MR) is 124 cm³/mol. The molecule has 0 aliphatic carbocycles. The fraction of sp³-hybridized carbons (Fsp3) is 0.348. The second kappa shape index (κ2) is 14.8. The van der Waals surface area contributed by atoms with Crippen LogP contribution in [0.2, 0.25) is 0 Å². The molecule has 0 saturated heterocycles. The molecule has 1 aromatic heterocycles. The van der Waals surface area contributed by atoms with Crippen LogP contribution in [0.25, 0.3) is 12.2 Å². The lowest BCUT2D eigenvalue weighted by Gasteiger charge is -2.12. The molecule has 6 heteroatoms. The maximum atomic E-state index is 12.1. The Kier molecular flexibility index (Phi) is 12.7. The van der Waals surface area contributed by atoms with Crippen LogP contribution in [0.3, 0.4) is 0 Å². The van der Waals surface area contributed by atoms with E-state index < -0.39 is 0 Å². The van der Waals surface area contributed by atoms with E-state index >= 15 is 0 Å². The van der Waals surface area contributed by atoms with Gasteiger partial charge < -0.3 is 15.2 Å². The third-order valence-electron chi connectivity index (χ3n) is 4.06. The van der Waals surface area contributed by atoms with E-state index in [-0.39, 0.29) is 30.4 Å². The van der Waals surface area contributed by atoms with Gasteiger partial charge in [-0.15, -0.1) is 0 Å². The Labute approximate surface area is 178 Å². The summed E-state index contributed by atoms with van der Waals surface area (Å²) in [6.07, 6.45) is 5.59. The molecular weight excluding hydrogens is 387 g/mol. The lowest BCUT2D eigenvalue weighted by atomic mass is 10.1. The minimum atomic E-state index is -0.188. The van der Waals surface area contributed by atoms with Crippen LogP contribution < -0.4 is 5.32 Å². The topological polar surface area (TPSA) is 54.4 Å². The molecule has 2 N–H and O–H groups in total. The third kappa shape index (κ3) is 9.74. The summed E-state index contributed by atoms with van der Waals surface area (Å²) >= 11 is 0.219. The number of pyridine rings is 1. The van der Waals surface area contributed by atoms with Crippen molar-refractivity contribution in [2.45, 2.75) is 20.5 Å². The quantitative estimate of drug-likeness (QED) is 0.531. The molecule has 1 aromatic carbocycles. The van der Waals surface area contributed by atoms with Crippen LogP contribution in [-0.4, -0.2) is 36.1 Å². The highest BCUT2D eigenvalue weighted by Crippen LogP contribution is 2.13. The number of hydrogen-bond donors (Lipinski definition) is 2. The predicted octanol–water partition coefficient (Wildman–Crippen LogP) is 5.54. The third-order valence-corrected chi connectivity index (χ3v) is 4.66. The highest BCUT2D eigenvalue weighted by Gasteiger charge is 2.09. The Hall–Kier alpha value is -2.15. The smallest absolute Gasteiger partial charge is 0.0888 e. The Morgan fingerprint density at radius 2 is 2.00 bits per heavy atom. The molecule has 1 unspecified atom stereocenters. The Morgan fingerprint density at radius 3 is 2.55 bits per heavy atom. The number of allylic oxidation sites excluding steroid dienone is 1. The standard InChI is InChI=1S/C15H20FNO2S.C8H11N/c1-3-5-15-13(4-2)6-7-14(17-15)10-19-9-12(8-18)11-20-16;1-7-3-5-8(9-2)6-4-7/h3-7,12,18H,2,8-11H2,1H3;3-6,9H,1-2H3/b5-3-;. The molecule has 1 atom stereocenters. The van der Waals surface area contributed by atoms with Crippen molar-refractivity contribution in [1.29, 1.82) is 0 Å². The van der Waals surface area contributed by atoms with Gasteiger partial charge in [-0.25, -0.2) is 0 Å². The molecule has 0 fully saturated rings. The molecule has 4 nitrogen and oxygen atoms in total. The van der Waals surface area contributed by atoms with E-state index in [1.807, 2.05) is 38.3 Å². The van der Waals surface area contributed by atoms with E-state index in [9.17, 15) is 3.89 Å². The summed E-state index contributed by atoms with van der Waals surface area (Å²) in [6.45, 7) is 8.34. The van der Waals surface area contributed by atoms with E-state index in [4.69, 9.17) is 9.84 Å². The first-order chi connectivity index (χ1) is 14.1. The second-order valence-corrected chi connectivity index (χ2v) is 6.99. The molecule has 0 amide bonds. The Balaban J connectivity index is 0.000000387. The number of aromatic nitrogens is 1. The van der Waals surface area contributed by atoms with Gasteiger partial charge in [-0.1, -0.05) is 42.5 Å². The molecule has 0 aliphatic rings. The van der Waals surface area contributed by atoms with Gasteiger partial charge in [0.2, 0.25) is 0 Å². The van der Waals surface area contributed by atoms with E-state index in [1.165, 1.54) is 11.3 Å². The fourth-order valence-electron chi connectivity index (χ4n) is 2.37. The number of hydrogen-bond acceptors (Lipinski definition) is 5. The van der Waals surface area contributed by atoms with Gasteiger partial charge in [-0.2, -0.15) is 3.89 Å². The zero-order chi connectivity index (χ0) is 21.5. The van der Waals surface area contributed by atoms with Gasteiger partial charge in [-0.05, 0) is 43.7 Å². The monoisotopic (exact) mass is 418 g/mol.